The highest BCUT2D eigenvalue weighted by Crippen LogP contribution is 2.25. The molecule has 0 aliphatic carbocycles. The van der Waals surface area contributed by atoms with Gasteiger partial charge in [0.25, 0.3) is 0 Å². The summed E-state index contributed by atoms with van der Waals surface area (Å²) >= 11 is 0. The number of pyridine rings is 1. The number of nitrogens with one attached hydrogen (secondary N) is 1. The number of aliphatic hydroxyl groups is 1. The Balaban J connectivity index is 2.11. The van der Waals surface area contributed by atoms with E-state index in [9.17, 15) is 4.79 Å². The van der Waals surface area contributed by atoms with Crippen molar-refractivity contribution in [2.24, 2.45) is 0 Å². The zero-order chi connectivity index (χ0) is 11.5. The highest BCUT2D eigenvalue weighted by molar-refractivity contribution is 5.73. The Morgan fingerprint density at radius 2 is 2.38 bits per heavy atom. The van der Waals surface area contributed by atoms with E-state index in [1.807, 2.05) is 6.07 Å². The van der Waals surface area contributed by atoms with Crippen molar-refractivity contribution in [2.75, 3.05) is 0 Å². The summed E-state index contributed by atoms with van der Waals surface area (Å²) in [5.41, 5.74) is 1.60. The van der Waals surface area contributed by atoms with Gasteiger partial charge in [0, 0.05) is 6.20 Å². The maximum atomic E-state index is 10.8. The van der Waals surface area contributed by atoms with E-state index in [1.165, 1.54) is 0 Å². The number of carboxylic acids is 1. The summed E-state index contributed by atoms with van der Waals surface area (Å²) in [6, 6.07) is 3.05. The van der Waals surface area contributed by atoms with Gasteiger partial charge in [-0.1, -0.05) is 0 Å². The van der Waals surface area contributed by atoms with Crippen LogP contribution in [0.25, 0.3) is 0 Å². The lowest BCUT2D eigenvalue weighted by Crippen LogP contribution is -2.32. The van der Waals surface area contributed by atoms with Crippen LogP contribution < -0.4 is 5.32 Å². The molecule has 2 atom stereocenters. The van der Waals surface area contributed by atoms with E-state index < -0.39 is 12.0 Å². The highest BCUT2D eigenvalue weighted by atomic mass is 16.4. The molecular weight excluding hydrogens is 208 g/mol. The van der Waals surface area contributed by atoms with Gasteiger partial charge in [-0.15, -0.1) is 0 Å². The van der Waals surface area contributed by atoms with E-state index in [2.05, 4.69) is 10.3 Å². The van der Waals surface area contributed by atoms with Gasteiger partial charge in [0.2, 0.25) is 0 Å². The third kappa shape index (κ3) is 2.20. The number of rotatable bonds is 3. The van der Waals surface area contributed by atoms with E-state index in [4.69, 9.17) is 10.2 Å². The van der Waals surface area contributed by atoms with Crippen LogP contribution in [-0.2, 0) is 11.4 Å². The van der Waals surface area contributed by atoms with Crippen molar-refractivity contribution in [2.45, 2.75) is 31.5 Å². The van der Waals surface area contributed by atoms with Crippen LogP contribution >= 0.6 is 0 Å². The van der Waals surface area contributed by atoms with Gasteiger partial charge in [0.05, 0.1) is 18.3 Å². The molecule has 1 aliphatic rings. The second kappa shape index (κ2) is 4.59. The summed E-state index contributed by atoms with van der Waals surface area (Å²) in [4.78, 5) is 15.0. The van der Waals surface area contributed by atoms with Gasteiger partial charge in [-0.3, -0.25) is 15.1 Å². The number of hydrogen-bond acceptors (Lipinski definition) is 4. The molecule has 5 nitrogen and oxygen atoms in total. The van der Waals surface area contributed by atoms with Crippen molar-refractivity contribution in [3.63, 3.8) is 0 Å². The lowest BCUT2D eigenvalue weighted by atomic mass is 10.1. The lowest BCUT2D eigenvalue weighted by Gasteiger charge is -2.11. The topological polar surface area (TPSA) is 82.5 Å². The van der Waals surface area contributed by atoms with E-state index in [1.54, 1.807) is 12.3 Å². The molecule has 1 aromatic heterocycles. The first-order chi connectivity index (χ1) is 7.70. The van der Waals surface area contributed by atoms with E-state index in [0.717, 1.165) is 17.7 Å². The Hall–Kier alpha value is -1.46. The average Bonchev–Trinajstić information content (AvgIpc) is 2.78. The Labute approximate surface area is 93.1 Å². The summed E-state index contributed by atoms with van der Waals surface area (Å²) in [5.74, 6) is -0.819. The minimum atomic E-state index is -0.819. The molecule has 1 aliphatic heterocycles. The van der Waals surface area contributed by atoms with Crippen LogP contribution in [0.5, 0.6) is 0 Å². The molecule has 1 fully saturated rings. The predicted octanol–water partition coefficient (Wildman–Crippen LogP) is 0.452. The number of hydrogen-bond donors (Lipinski definition) is 3. The normalized spacial score (nSPS) is 24.6. The maximum Gasteiger partial charge on any atom is 0.320 e. The van der Waals surface area contributed by atoms with Crippen LogP contribution in [0.4, 0.5) is 0 Å². The van der Waals surface area contributed by atoms with E-state index in [-0.39, 0.29) is 12.6 Å². The monoisotopic (exact) mass is 222 g/mol. The molecule has 16 heavy (non-hydrogen) atoms. The van der Waals surface area contributed by atoms with Gasteiger partial charge in [0.15, 0.2) is 0 Å². The van der Waals surface area contributed by atoms with E-state index >= 15 is 0 Å². The standard InChI is InChI=1S/C11H14N2O3/c14-6-7-3-4-12-10(5-7)8-1-2-9(13-8)11(15)16/h3-5,8-9,13-14H,1-2,6H2,(H,15,16). The smallest absolute Gasteiger partial charge is 0.320 e. The first-order valence-electron chi connectivity index (χ1n) is 5.25. The molecule has 0 saturated carbocycles. The minimum Gasteiger partial charge on any atom is -0.480 e. The van der Waals surface area contributed by atoms with Gasteiger partial charge < -0.3 is 10.2 Å². The number of aromatic nitrogens is 1. The minimum absolute atomic E-state index is 0.0207. The number of nitrogens with zero attached hydrogens (tertiary/aromatic N) is 1. The number of carbonyl (C=O) groups is 1. The molecule has 0 amide bonds. The fraction of sp³-hybridized carbons (Fsp3) is 0.455. The molecule has 86 valence electrons. The summed E-state index contributed by atoms with van der Waals surface area (Å²) in [6.07, 6.45) is 3.01. The Bertz CT molecular complexity index is 395. The summed E-state index contributed by atoms with van der Waals surface area (Å²) in [5, 5.41) is 20.9. The van der Waals surface area contributed by atoms with Crippen molar-refractivity contribution in [1.29, 1.82) is 0 Å². The van der Waals surface area contributed by atoms with Gasteiger partial charge >= 0.3 is 5.97 Å². The second-order valence-electron chi connectivity index (χ2n) is 3.93. The molecule has 3 N–H and O–H groups in total. The van der Waals surface area contributed by atoms with Crippen LogP contribution in [0.1, 0.15) is 30.1 Å². The number of aliphatic hydroxyl groups excluding tert-OH is 1. The van der Waals surface area contributed by atoms with Crippen LogP contribution in [0.15, 0.2) is 18.3 Å². The molecule has 2 heterocycles. The Morgan fingerprint density at radius 3 is 3.00 bits per heavy atom. The van der Waals surface area contributed by atoms with Crippen LogP contribution in [0.2, 0.25) is 0 Å². The molecule has 0 aromatic carbocycles. The molecule has 1 saturated heterocycles. The quantitative estimate of drug-likeness (QED) is 0.691. The van der Waals surface area contributed by atoms with Crippen molar-refractivity contribution in [3.8, 4) is 0 Å². The van der Waals surface area contributed by atoms with Gasteiger partial charge in [-0.25, -0.2) is 0 Å². The Morgan fingerprint density at radius 1 is 1.56 bits per heavy atom. The largest absolute Gasteiger partial charge is 0.480 e. The second-order valence-corrected chi connectivity index (χ2v) is 3.93. The van der Waals surface area contributed by atoms with E-state index in [0.29, 0.717) is 6.42 Å². The third-order valence-corrected chi connectivity index (χ3v) is 2.83. The predicted molar refractivity (Wildman–Crippen MR) is 56.7 cm³/mol. The zero-order valence-corrected chi connectivity index (χ0v) is 8.76. The maximum absolute atomic E-state index is 10.8. The van der Waals surface area contributed by atoms with Crippen molar-refractivity contribution in [3.05, 3.63) is 29.6 Å². The summed E-state index contributed by atoms with van der Waals surface area (Å²) in [7, 11) is 0. The first kappa shape index (κ1) is 11.0. The van der Waals surface area contributed by atoms with Gasteiger partial charge in [-0.05, 0) is 30.5 Å². The molecule has 5 heteroatoms. The number of carboxylic acid groups (broad SMARTS) is 1. The fourth-order valence-corrected chi connectivity index (χ4v) is 1.95. The van der Waals surface area contributed by atoms with Crippen molar-refractivity contribution < 1.29 is 15.0 Å². The highest BCUT2D eigenvalue weighted by Gasteiger charge is 2.30. The average molecular weight is 222 g/mol. The molecule has 1 aromatic rings. The SMILES string of the molecule is O=C(O)C1CCC(c2cc(CO)ccn2)N1. The van der Waals surface area contributed by atoms with Crippen molar-refractivity contribution >= 4 is 5.97 Å². The molecule has 2 rings (SSSR count). The van der Waals surface area contributed by atoms with Crippen LogP contribution in [0.3, 0.4) is 0 Å². The molecule has 0 spiro atoms. The van der Waals surface area contributed by atoms with Crippen LogP contribution in [0, 0.1) is 0 Å². The number of aliphatic carboxylic acids is 1. The van der Waals surface area contributed by atoms with Crippen molar-refractivity contribution in [1.82, 2.24) is 10.3 Å². The molecule has 2 unspecified atom stereocenters. The third-order valence-electron chi connectivity index (χ3n) is 2.83. The summed E-state index contributed by atoms with van der Waals surface area (Å²) < 4.78 is 0. The van der Waals surface area contributed by atoms with Gasteiger partial charge in [-0.2, -0.15) is 0 Å². The van der Waals surface area contributed by atoms with Gasteiger partial charge in [0.1, 0.15) is 6.04 Å². The Kier molecular flexibility index (Phi) is 3.17. The lowest BCUT2D eigenvalue weighted by molar-refractivity contribution is -0.139. The first-order valence-corrected chi connectivity index (χ1v) is 5.25. The molecule has 0 radical (unpaired) electrons. The van der Waals surface area contributed by atoms with Crippen LogP contribution in [-0.4, -0.2) is 27.2 Å². The molecular formula is C11H14N2O3. The zero-order valence-electron chi connectivity index (χ0n) is 8.76. The summed E-state index contributed by atoms with van der Waals surface area (Å²) in [6.45, 7) is -0.0232. The molecule has 0 bridgehead atoms. The fourth-order valence-electron chi connectivity index (χ4n) is 1.95.